The lowest BCUT2D eigenvalue weighted by atomic mass is 10.1. The highest BCUT2D eigenvalue weighted by atomic mass is 16.5. The van der Waals surface area contributed by atoms with Gasteiger partial charge in [-0.2, -0.15) is 5.10 Å². The van der Waals surface area contributed by atoms with Crippen LogP contribution in [0.15, 0.2) is 30.3 Å². The van der Waals surface area contributed by atoms with E-state index in [9.17, 15) is 4.79 Å². The molecule has 1 saturated carbocycles. The number of carbonyl (C=O) groups excluding carboxylic acids is 1. The molecule has 0 saturated heterocycles. The molecule has 2 heterocycles. The van der Waals surface area contributed by atoms with Crippen molar-refractivity contribution in [3.63, 3.8) is 0 Å². The number of nitrogens with one attached hydrogen (secondary N) is 2. The van der Waals surface area contributed by atoms with Gasteiger partial charge in [0.1, 0.15) is 11.5 Å². The summed E-state index contributed by atoms with van der Waals surface area (Å²) in [4.78, 5) is 12.7. The molecule has 2 aromatic carbocycles. The second-order valence-electron chi connectivity index (χ2n) is 7.63. The van der Waals surface area contributed by atoms with Crippen LogP contribution in [0, 0.1) is 5.92 Å². The molecule has 1 fully saturated rings. The second-order valence-corrected chi connectivity index (χ2v) is 7.63. The van der Waals surface area contributed by atoms with E-state index in [1.165, 1.54) is 18.4 Å². The number of carbonyl (C=O) groups is 1. The summed E-state index contributed by atoms with van der Waals surface area (Å²) in [5, 5.41) is 11.3. The second kappa shape index (κ2) is 7.28. The fourth-order valence-corrected chi connectivity index (χ4v) is 3.76. The lowest BCUT2D eigenvalue weighted by Crippen LogP contribution is -2.26. The third-order valence-electron chi connectivity index (χ3n) is 5.55. The Labute approximate surface area is 168 Å². The van der Waals surface area contributed by atoms with Gasteiger partial charge >= 0.3 is 0 Å². The van der Waals surface area contributed by atoms with Gasteiger partial charge in [0.05, 0.1) is 35.9 Å². The molecule has 148 valence electrons. The van der Waals surface area contributed by atoms with Crippen molar-refractivity contribution in [2.75, 3.05) is 20.3 Å². The Morgan fingerprint density at radius 2 is 2.21 bits per heavy atom. The Morgan fingerprint density at radius 3 is 3.03 bits per heavy atom. The van der Waals surface area contributed by atoms with Gasteiger partial charge in [0, 0.05) is 13.0 Å². The maximum absolute atomic E-state index is 12.7. The first-order chi connectivity index (χ1) is 14.2. The van der Waals surface area contributed by atoms with Crippen LogP contribution in [0.25, 0.3) is 23.1 Å². The number of hydrogen-bond donors (Lipinski definition) is 2. The van der Waals surface area contributed by atoms with Gasteiger partial charge in [-0.15, -0.1) is 0 Å². The van der Waals surface area contributed by atoms with Gasteiger partial charge in [-0.1, -0.05) is 12.1 Å². The molecule has 3 aromatic rings. The molecule has 1 aliphatic heterocycles. The average molecular weight is 389 g/mol. The van der Waals surface area contributed by atoms with Gasteiger partial charge in [-0.05, 0) is 60.2 Å². The smallest absolute Gasteiger partial charge is 0.255 e. The van der Waals surface area contributed by atoms with Gasteiger partial charge < -0.3 is 14.8 Å². The van der Waals surface area contributed by atoms with E-state index in [-0.39, 0.29) is 5.91 Å². The molecular formula is C23H23N3O3. The zero-order valence-corrected chi connectivity index (χ0v) is 16.3. The summed E-state index contributed by atoms with van der Waals surface area (Å²) in [5.74, 6) is 2.03. The minimum atomic E-state index is -0.106. The molecule has 0 radical (unpaired) electrons. The molecule has 0 spiro atoms. The molecule has 0 unspecified atom stereocenters. The highest BCUT2D eigenvalue weighted by Gasteiger charge is 2.24. The van der Waals surface area contributed by atoms with Crippen LogP contribution in [0.2, 0.25) is 0 Å². The van der Waals surface area contributed by atoms with E-state index in [0.717, 1.165) is 47.5 Å². The van der Waals surface area contributed by atoms with E-state index in [4.69, 9.17) is 9.47 Å². The zero-order valence-electron chi connectivity index (χ0n) is 16.3. The summed E-state index contributed by atoms with van der Waals surface area (Å²) in [5.41, 5.74) is 4.42. The fourth-order valence-electron chi connectivity index (χ4n) is 3.76. The van der Waals surface area contributed by atoms with Crippen LogP contribution in [0.5, 0.6) is 11.5 Å². The quantitative estimate of drug-likeness (QED) is 0.672. The minimum absolute atomic E-state index is 0.106. The number of rotatable bonds is 6. The molecule has 29 heavy (non-hydrogen) atoms. The Morgan fingerprint density at radius 1 is 1.31 bits per heavy atom. The summed E-state index contributed by atoms with van der Waals surface area (Å²) < 4.78 is 11.2. The van der Waals surface area contributed by atoms with Crippen LogP contribution < -0.4 is 14.8 Å². The number of amides is 1. The maximum atomic E-state index is 12.7. The topological polar surface area (TPSA) is 76.2 Å². The third kappa shape index (κ3) is 3.46. The van der Waals surface area contributed by atoms with E-state index in [1.807, 2.05) is 30.4 Å². The average Bonchev–Trinajstić information content (AvgIpc) is 3.30. The van der Waals surface area contributed by atoms with E-state index >= 15 is 0 Å². The third-order valence-corrected chi connectivity index (χ3v) is 5.55. The number of fused-ring (bicyclic) bond motifs is 2. The van der Waals surface area contributed by atoms with Crippen molar-refractivity contribution in [2.24, 2.45) is 5.92 Å². The monoisotopic (exact) mass is 389 g/mol. The van der Waals surface area contributed by atoms with E-state index in [0.29, 0.717) is 17.2 Å². The molecule has 2 N–H and O–H groups in total. The van der Waals surface area contributed by atoms with E-state index in [1.54, 1.807) is 13.2 Å². The first-order valence-electron chi connectivity index (χ1n) is 10.00. The van der Waals surface area contributed by atoms with Crippen molar-refractivity contribution in [3.8, 4) is 11.5 Å². The molecule has 2 aliphatic rings. The van der Waals surface area contributed by atoms with Crippen molar-refractivity contribution in [3.05, 3.63) is 52.7 Å². The van der Waals surface area contributed by atoms with Crippen molar-refractivity contribution in [1.82, 2.24) is 15.5 Å². The summed E-state index contributed by atoms with van der Waals surface area (Å²) in [6, 6.07) is 9.84. The Kier molecular flexibility index (Phi) is 4.46. The number of H-pyrrole nitrogens is 1. The molecule has 6 heteroatoms. The number of benzene rings is 2. The number of nitrogens with zero attached hydrogens (tertiary/aromatic N) is 1. The fraction of sp³-hybridized carbons (Fsp3) is 0.304. The van der Waals surface area contributed by atoms with Gasteiger partial charge in [-0.3, -0.25) is 9.89 Å². The van der Waals surface area contributed by atoms with Gasteiger partial charge in [0.25, 0.3) is 5.91 Å². The summed E-state index contributed by atoms with van der Waals surface area (Å²) in [7, 11) is 1.59. The molecule has 6 nitrogen and oxygen atoms in total. The summed E-state index contributed by atoms with van der Waals surface area (Å²) in [6.07, 6.45) is 7.30. The van der Waals surface area contributed by atoms with Crippen molar-refractivity contribution in [2.45, 2.75) is 19.3 Å². The molecule has 1 aliphatic carbocycles. The highest BCUT2D eigenvalue weighted by molar-refractivity contribution is 6.05. The molecule has 0 atom stereocenters. The van der Waals surface area contributed by atoms with E-state index in [2.05, 4.69) is 21.6 Å². The molecule has 1 amide bonds. The highest BCUT2D eigenvalue weighted by Crippen LogP contribution is 2.33. The minimum Gasteiger partial charge on any atom is -0.495 e. The predicted octanol–water partition coefficient (Wildman–Crippen LogP) is 3.82. The standard InChI is InChI=1S/C23H23N3O3/c1-28-22-17(23(27)24-13-15-2-3-15)6-8-19-21(22)18(25-26-19)7-4-14-5-9-20-16(12-14)10-11-29-20/h4-9,12,15H,2-3,10-11,13H2,1H3,(H,24,27)(H,25,26). The van der Waals surface area contributed by atoms with Crippen LogP contribution in [0.4, 0.5) is 0 Å². The molecule has 5 rings (SSSR count). The van der Waals surface area contributed by atoms with Crippen molar-refractivity contribution in [1.29, 1.82) is 0 Å². The molecule has 0 bridgehead atoms. The number of methoxy groups -OCH3 is 1. The van der Waals surface area contributed by atoms with Crippen LogP contribution in [0.3, 0.4) is 0 Å². The van der Waals surface area contributed by atoms with Crippen LogP contribution in [-0.2, 0) is 6.42 Å². The van der Waals surface area contributed by atoms with Gasteiger partial charge in [0.15, 0.2) is 0 Å². The number of ether oxygens (including phenoxy) is 2. The van der Waals surface area contributed by atoms with Crippen molar-refractivity contribution >= 4 is 29.0 Å². The summed E-state index contributed by atoms with van der Waals surface area (Å²) >= 11 is 0. The predicted molar refractivity (Wildman–Crippen MR) is 112 cm³/mol. The van der Waals surface area contributed by atoms with Gasteiger partial charge in [0.2, 0.25) is 0 Å². The number of hydrogen-bond acceptors (Lipinski definition) is 4. The SMILES string of the molecule is COc1c(C(=O)NCC2CC2)ccc2[nH]nc(C=Cc3ccc4c(c3)CCO4)c12. The summed E-state index contributed by atoms with van der Waals surface area (Å²) in [6.45, 7) is 1.47. The molecular weight excluding hydrogens is 366 g/mol. The Bertz CT molecular complexity index is 1110. The maximum Gasteiger partial charge on any atom is 0.255 e. The Hall–Kier alpha value is -3.28. The largest absolute Gasteiger partial charge is 0.495 e. The Balaban J connectivity index is 1.47. The van der Waals surface area contributed by atoms with Crippen LogP contribution in [0.1, 0.15) is 40.0 Å². The first-order valence-corrected chi connectivity index (χ1v) is 10.00. The van der Waals surface area contributed by atoms with Crippen LogP contribution >= 0.6 is 0 Å². The van der Waals surface area contributed by atoms with Crippen molar-refractivity contribution < 1.29 is 14.3 Å². The normalized spacial score (nSPS) is 15.5. The molecule has 1 aromatic heterocycles. The number of aromatic amines is 1. The number of aromatic nitrogens is 2. The first kappa shape index (κ1) is 17.8. The van der Waals surface area contributed by atoms with Gasteiger partial charge in [-0.25, -0.2) is 0 Å². The lowest BCUT2D eigenvalue weighted by molar-refractivity contribution is 0.0949. The zero-order chi connectivity index (χ0) is 19.8. The van der Waals surface area contributed by atoms with Crippen LogP contribution in [-0.4, -0.2) is 36.4 Å². The lowest BCUT2D eigenvalue weighted by Gasteiger charge is -2.10. The van der Waals surface area contributed by atoms with E-state index < -0.39 is 0 Å².